The fourth-order valence-electron chi connectivity index (χ4n) is 3.15. The van der Waals surface area contributed by atoms with E-state index in [0.29, 0.717) is 36.2 Å². The van der Waals surface area contributed by atoms with E-state index >= 15 is 0 Å². The molecule has 0 radical (unpaired) electrons. The van der Waals surface area contributed by atoms with E-state index in [0.717, 1.165) is 18.4 Å². The fraction of sp³-hybridized carbons (Fsp3) is 0.333. The summed E-state index contributed by atoms with van der Waals surface area (Å²) < 4.78 is 14.1. The minimum atomic E-state index is -0.216. The smallest absolute Gasteiger partial charge is 0.252 e. The highest BCUT2D eigenvalue weighted by atomic mass is 35.5. The molecular weight excluding hydrogens is 379 g/mol. The highest BCUT2D eigenvalue weighted by Gasteiger charge is 2.45. The van der Waals surface area contributed by atoms with Gasteiger partial charge in [0.25, 0.3) is 5.91 Å². The molecule has 1 aliphatic carbocycles. The maximum absolute atomic E-state index is 14.1. The predicted octanol–water partition coefficient (Wildman–Crippen LogP) is 3.11. The summed E-state index contributed by atoms with van der Waals surface area (Å²) in [4.78, 5) is 16.3. The second-order valence-corrected chi connectivity index (χ2v) is 7.26. The summed E-state index contributed by atoms with van der Waals surface area (Å²) in [7, 11) is 1.68. The topological polar surface area (TPSA) is 65.5 Å². The molecule has 3 rings (SSSR count). The summed E-state index contributed by atoms with van der Waals surface area (Å²) in [5.74, 6) is 0.244. The maximum atomic E-state index is 14.1. The Balaban J connectivity index is 1.44. The van der Waals surface area contributed by atoms with E-state index in [2.05, 4.69) is 20.9 Å². The molecule has 2 aromatic carbocycles. The summed E-state index contributed by atoms with van der Waals surface area (Å²) in [6.07, 6.45) is 1.90. The Morgan fingerprint density at radius 3 is 2.43 bits per heavy atom. The van der Waals surface area contributed by atoms with Gasteiger partial charge in [0.2, 0.25) is 0 Å². The van der Waals surface area contributed by atoms with Crippen molar-refractivity contribution in [2.75, 3.05) is 26.7 Å². The lowest BCUT2D eigenvalue weighted by atomic mass is 9.95. The van der Waals surface area contributed by atoms with Gasteiger partial charge in [0, 0.05) is 32.1 Å². The number of nitrogens with one attached hydrogen (secondary N) is 3. The van der Waals surface area contributed by atoms with E-state index in [4.69, 9.17) is 11.6 Å². The number of guanidine groups is 1. The number of rotatable bonds is 7. The van der Waals surface area contributed by atoms with Crippen molar-refractivity contribution < 1.29 is 9.18 Å². The minimum Gasteiger partial charge on any atom is -0.356 e. The number of halogens is 2. The number of hydrogen-bond donors (Lipinski definition) is 3. The number of hydrogen-bond acceptors (Lipinski definition) is 2. The van der Waals surface area contributed by atoms with Gasteiger partial charge in [-0.2, -0.15) is 0 Å². The van der Waals surface area contributed by atoms with Crippen LogP contribution in [0.3, 0.4) is 0 Å². The van der Waals surface area contributed by atoms with Gasteiger partial charge in [-0.25, -0.2) is 4.39 Å². The normalized spacial score (nSPS) is 15.0. The molecule has 5 nitrogen and oxygen atoms in total. The van der Waals surface area contributed by atoms with Gasteiger partial charge < -0.3 is 16.0 Å². The van der Waals surface area contributed by atoms with Crippen LogP contribution in [0, 0.1) is 5.82 Å². The molecule has 1 amide bonds. The summed E-state index contributed by atoms with van der Waals surface area (Å²) in [6, 6.07) is 13.9. The third-order valence-corrected chi connectivity index (χ3v) is 5.27. The first-order valence-corrected chi connectivity index (χ1v) is 9.66. The van der Waals surface area contributed by atoms with Gasteiger partial charge in [-0.3, -0.25) is 9.79 Å². The number of carbonyl (C=O) groups excluding carboxylic acids is 1. The molecule has 0 atom stereocenters. The molecule has 0 aromatic heterocycles. The van der Waals surface area contributed by atoms with Gasteiger partial charge in [0.15, 0.2) is 5.96 Å². The molecule has 7 heteroatoms. The van der Waals surface area contributed by atoms with Crippen LogP contribution < -0.4 is 16.0 Å². The van der Waals surface area contributed by atoms with Crippen LogP contribution in [0.2, 0.25) is 5.02 Å². The Kier molecular flexibility index (Phi) is 6.52. The fourth-order valence-corrected chi connectivity index (χ4v) is 3.38. The molecular formula is C21H24ClFN4O. The number of carbonyl (C=O) groups is 1. The number of benzene rings is 2. The van der Waals surface area contributed by atoms with Crippen molar-refractivity contribution in [3.05, 3.63) is 70.5 Å². The van der Waals surface area contributed by atoms with E-state index in [1.807, 2.05) is 12.1 Å². The zero-order valence-corrected chi connectivity index (χ0v) is 16.5. The van der Waals surface area contributed by atoms with Gasteiger partial charge in [0.05, 0.1) is 10.6 Å². The lowest BCUT2D eigenvalue weighted by Crippen LogP contribution is -2.44. The Labute approximate surface area is 169 Å². The standard InChI is InChI=1S/C21H24ClFN4O/c1-24-20(26-13-12-25-19(28)15-6-2-4-8-17(15)22)27-14-21(10-11-21)16-7-3-5-9-18(16)23/h2-9H,10-14H2,1H3,(H,25,28)(H2,24,26,27). The van der Waals surface area contributed by atoms with Crippen molar-refractivity contribution in [3.8, 4) is 0 Å². The molecule has 0 spiro atoms. The van der Waals surface area contributed by atoms with Crippen LogP contribution in [0.15, 0.2) is 53.5 Å². The number of nitrogens with zero attached hydrogens (tertiary/aromatic N) is 1. The molecule has 3 N–H and O–H groups in total. The Morgan fingerprint density at radius 2 is 1.75 bits per heavy atom. The summed E-state index contributed by atoms with van der Waals surface area (Å²) in [5.41, 5.74) is 1.04. The molecule has 0 aliphatic heterocycles. The highest BCUT2D eigenvalue weighted by molar-refractivity contribution is 6.33. The van der Waals surface area contributed by atoms with Crippen LogP contribution in [0.5, 0.6) is 0 Å². The summed E-state index contributed by atoms with van der Waals surface area (Å²) >= 11 is 6.02. The summed E-state index contributed by atoms with van der Waals surface area (Å²) in [6.45, 7) is 1.53. The van der Waals surface area contributed by atoms with E-state index in [9.17, 15) is 9.18 Å². The van der Waals surface area contributed by atoms with Crippen LogP contribution in [0.1, 0.15) is 28.8 Å². The first-order chi connectivity index (χ1) is 13.6. The van der Waals surface area contributed by atoms with Gasteiger partial charge in [-0.1, -0.05) is 41.9 Å². The van der Waals surface area contributed by atoms with E-state index in [1.165, 1.54) is 6.07 Å². The number of aliphatic imine (C=N–C) groups is 1. The second kappa shape index (κ2) is 9.06. The molecule has 2 aromatic rings. The third-order valence-electron chi connectivity index (χ3n) is 4.94. The molecule has 28 heavy (non-hydrogen) atoms. The van der Waals surface area contributed by atoms with Gasteiger partial charge >= 0.3 is 0 Å². The average Bonchev–Trinajstić information content (AvgIpc) is 3.49. The average molecular weight is 403 g/mol. The highest BCUT2D eigenvalue weighted by Crippen LogP contribution is 2.48. The van der Waals surface area contributed by atoms with Crippen molar-refractivity contribution in [3.63, 3.8) is 0 Å². The first-order valence-electron chi connectivity index (χ1n) is 9.28. The lowest BCUT2D eigenvalue weighted by Gasteiger charge is -2.19. The number of amides is 1. The third kappa shape index (κ3) is 4.81. The molecule has 1 aliphatic rings. The molecule has 1 saturated carbocycles. The molecule has 0 heterocycles. The SMILES string of the molecule is CN=C(NCCNC(=O)c1ccccc1Cl)NCC1(c2ccccc2F)CC1. The Bertz CT molecular complexity index is 867. The predicted molar refractivity (Wildman–Crippen MR) is 110 cm³/mol. The van der Waals surface area contributed by atoms with Crippen LogP contribution in [0.25, 0.3) is 0 Å². The van der Waals surface area contributed by atoms with Crippen molar-refractivity contribution in [1.29, 1.82) is 0 Å². The zero-order chi connectivity index (χ0) is 20.0. The quantitative estimate of drug-likeness (QED) is 0.379. The molecule has 148 valence electrons. The van der Waals surface area contributed by atoms with Gasteiger partial charge in [-0.05, 0) is 36.6 Å². The Morgan fingerprint density at radius 1 is 1.07 bits per heavy atom. The largest absolute Gasteiger partial charge is 0.356 e. The maximum Gasteiger partial charge on any atom is 0.252 e. The first kappa shape index (κ1) is 20.1. The zero-order valence-electron chi connectivity index (χ0n) is 15.8. The molecule has 0 unspecified atom stereocenters. The van der Waals surface area contributed by atoms with Crippen LogP contribution in [0.4, 0.5) is 4.39 Å². The van der Waals surface area contributed by atoms with Crippen LogP contribution >= 0.6 is 11.6 Å². The van der Waals surface area contributed by atoms with E-state index < -0.39 is 0 Å². The van der Waals surface area contributed by atoms with Crippen molar-refractivity contribution in [2.24, 2.45) is 4.99 Å². The molecule has 0 saturated heterocycles. The van der Waals surface area contributed by atoms with Crippen molar-refractivity contribution in [2.45, 2.75) is 18.3 Å². The van der Waals surface area contributed by atoms with Crippen molar-refractivity contribution >= 4 is 23.5 Å². The van der Waals surface area contributed by atoms with E-state index in [1.54, 1.807) is 37.4 Å². The lowest BCUT2D eigenvalue weighted by molar-refractivity contribution is 0.0954. The van der Waals surface area contributed by atoms with Crippen LogP contribution in [-0.2, 0) is 5.41 Å². The monoisotopic (exact) mass is 402 g/mol. The van der Waals surface area contributed by atoms with Gasteiger partial charge in [0.1, 0.15) is 5.82 Å². The van der Waals surface area contributed by atoms with E-state index in [-0.39, 0.29) is 17.1 Å². The second-order valence-electron chi connectivity index (χ2n) is 6.85. The van der Waals surface area contributed by atoms with Crippen LogP contribution in [-0.4, -0.2) is 38.5 Å². The van der Waals surface area contributed by atoms with Crippen molar-refractivity contribution in [1.82, 2.24) is 16.0 Å². The summed E-state index contributed by atoms with van der Waals surface area (Å²) in [5, 5.41) is 9.66. The Hall–Kier alpha value is -2.60. The molecule has 0 bridgehead atoms. The van der Waals surface area contributed by atoms with Gasteiger partial charge in [-0.15, -0.1) is 0 Å². The minimum absolute atomic E-state index is 0.160. The molecule has 1 fully saturated rings.